The topological polar surface area (TPSA) is 32.3 Å². The van der Waals surface area contributed by atoms with Gasteiger partial charge in [-0.1, -0.05) is 24.3 Å². The Morgan fingerprint density at radius 1 is 1.15 bits per heavy atom. The lowest BCUT2D eigenvalue weighted by molar-refractivity contribution is 0.282. The minimum absolute atomic E-state index is 0.0676. The molecule has 0 aromatic heterocycles. The molecule has 0 unspecified atom stereocenters. The highest BCUT2D eigenvalue weighted by atomic mass is 19.1. The van der Waals surface area contributed by atoms with E-state index in [0.717, 1.165) is 11.1 Å². The molecule has 0 aliphatic carbocycles. The van der Waals surface area contributed by atoms with Gasteiger partial charge in [0.15, 0.2) is 0 Å². The van der Waals surface area contributed by atoms with Crippen LogP contribution in [0, 0.1) is 0 Å². The number of hydrogen-bond donors (Lipinski definition) is 2. The predicted octanol–water partition coefficient (Wildman–Crippen LogP) is 1.24. The molecule has 0 fully saturated rings. The Balaban J connectivity index is 2.40. The third-order valence-electron chi connectivity index (χ3n) is 1.81. The first-order chi connectivity index (χ1) is 6.36. The van der Waals surface area contributed by atoms with Gasteiger partial charge in [0.1, 0.15) is 6.67 Å². The summed E-state index contributed by atoms with van der Waals surface area (Å²) in [6, 6.07) is 7.59. The molecule has 72 valence electrons. The lowest BCUT2D eigenvalue weighted by atomic mass is 10.1. The second-order valence-corrected chi connectivity index (χ2v) is 2.84. The quantitative estimate of drug-likeness (QED) is 0.673. The van der Waals surface area contributed by atoms with Crippen LogP contribution in [0.15, 0.2) is 24.3 Å². The third-order valence-corrected chi connectivity index (χ3v) is 1.81. The summed E-state index contributed by atoms with van der Waals surface area (Å²) in [4.78, 5) is 0. The fraction of sp³-hybridized carbons (Fsp3) is 0.400. The van der Waals surface area contributed by atoms with Gasteiger partial charge in [0.2, 0.25) is 0 Å². The van der Waals surface area contributed by atoms with E-state index >= 15 is 0 Å². The van der Waals surface area contributed by atoms with Gasteiger partial charge in [0, 0.05) is 13.1 Å². The van der Waals surface area contributed by atoms with Crippen LogP contribution in [0.3, 0.4) is 0 Å². The molecule has 0 aliphatic rings. The second kappa shape index (κ2) is 5.67. The van der Waals surface area contributed by atoms with E-state index in [1.54, 1.807) is 0 Å². The molecule has 0 aliphatic heterocycles. The largest absolute Gasteiger partial charge is 0.392 e. The first-order valence-corrected chi connectivity index (χ1v) is 4.32. The summed E-state index contributed by atoms with van der Waals surface area (Å²) in [7, 11) is 0. The number of benzene rings is 1. The minimum Gasteiger partial charge on any atom is -0.392 e. The number of nitrogens with one attached hydrogen (secondary N) is 1. The molecule has 0 saturated carbocycles. The summed E-state index contributed by atoms with van der Waals surface area (Å²) in [6.07, 6.45) is 0. The Labute approximate surface area is 77.4 Å². The van der Waals surface area contributed by atoms with Gasteiger partial charge in [-0.25, -0.2) is 4.39 Å². The van der Waals surface area contributed by atoms with Crippen molar-refractivity contribution in [1.82, 2.24) is 5.32 Å². The first kappa shape index (κ1) is 10.2. The van der Waals surface area contributed by atoms with Crippen LogP contribution in [-0.4, -0.2) is 18.3 Å². The van der Waals surface area contributed by atoms with E-state index in [0.29, 0.717) is 13.1 Å². The molecule has 0 bridgehead atoms. The summed E-state index contributed by atoms with van der Waals surface area (Å²) in [6.45, 7) is 0.796. The minimum atomic E-state index is -0.339. The van der Waals surface area contributed by atoms with Gasteiger partial charge in [0.05, 0.1) is 6.61 Å². The zero-order valence-electron chi connectivity index (χ0n) is 7.46. The number of aliphatic hydroxyl groups excluding tert-OH is 1. The lowest BCUT2D eigenvalue weighted by Crippen LogP contribution is -2.15. The Bertz CT molecular complexity index is 235. The van der Waals surface area contributed by atoms with Crippen LogP contribution in [0.2, 0.25) is 0 Å². The molecule has 3 heteroatoms. The summed E-state index contributed by atoms with van der Waals surface area (Å²) >= 11 is 0. The van der Waals surface area contributed by atoms with Gasteiger partial charge >= 0.3 is 0 Å². The van der Waals surface area contributed by atoms with Crippen LogP contribution in [0.4, 0.5) is 4.39 Å². The molecule has 0 spiro atoms. The monoisotopic (exact) mass is 183 g/mol. The standard InChI is InChI=1S/C10H14FNO/c11-5-6-12-7-9-1-3-10(8-13)4-2-9/h1-4,12-13H,5-8H2. The summed E-state index contributed by atoms with van der Waals surface area (Å²) in [5, 5.41) is 11.7. The second-order valence-electron chi connectivity index (χ2n) is 2.84. The molecular formula is C10H14FNO. The fourth-order valence-electron chi connectivity index (χ4n) is 1.06. The van der Waals surface area contributed by atoms with Crippen molar-refractivity contribution >= 4 is 0 Å². The highest BCUT2D eigenvalue weighted by Crippen LogP contribution is 2.03. The van der Waals surface area contributed by atoms with Crippen molar-refractivity contribution in [2.45, 2.75) is 13.2 Å². The van der Waals surface area contributed by atoms with Crippen molar-refractivity contribution in [3.63, 3.8) is 0 Å². The van der Waals surface area contributed by atoms with Crippen molar-refractivity contribution in [2.75, 3.05) is 13.2 Å². The highest BCUT2D eigenvalue weighted by Gasteiger charge is 1.92. The van der Waals surface area contributed by atoms with Crippen molar-refractivity contribution in [3.8, 4) is 0 Å². The molecular weight excluding hydrogens is 169 g/mol. The Kier molecular flexibility index (Phi) is 4.43. The molecule has 0 saturated heterocycles. The normalized spacial score (nSPS) is 10.3. The van der Waals surface area contributed by atoms with E-state index < -0.39 is 0 Å². The predicted molar refractivity (Wildman–Crippen MR) is 50.0 cm³/mol. The van der Waals surface area contributed by atoms with Crippen molar-refractivity contribution in [2.24, 2.45) is 0 Å². The Morgan fingerprint density at radius 2 is 1.77 bits per heavy atom. The molecule has 0 amide bonds. The van der Waals surface area contributed by atoms with Crippen LogP contribution in [0.1, 0.15) is 11.1 Å². The SMILES string of the molecule is OCc1ccc(CNCCF)cc1. The summed E-state index contributed by atoms with van der Waals surface area (Å²) in [5.74, 6) is 0. The van der Waals surface area contributed by atoms with Crippen LogP contribution in [0.25, 0.3) is 0 Å². The zero-order valence-corrected chi connectivity index (χ0v) is 7.46. The number of halogens is 1. The molecule has 0 atom stereocenters. The Morgan fingerprint density at radius 3 is 2.31 bits per heavy atom. The maximum atomic E-state index is 11.7. The maximum absolute atomic E-state index is 11.7. The average molecular weight is 183 g/mol. The smallest absolute Gasteiger partial charge is 0.102 e. The maximum Gasteiger partial charge on any atom is 0.102 e. The first-order valence-electron chi connectivity index (χ1n) is 4.32. The summed E-state index contributed by atoms with van der Waals surface area (Å²) in [5.41, 5.74) is 2.00. The molecule has 1 rings (SSSR count). The molecule has 0 radical (unpaired) electrons. The molecule has 1 aromatic rings. The molecule has 0 heterocycles. The van der Waals surface area contributed by atoms with Gasteiger partial charge in [-0.2, -0.15) is 0 Å². The average Bonchev–Trinajstić information content (AvgIpc) is 2.19. The third kappa shape index (κ3) is 3.53. The van der Waals surface area contributed by atoms with Gasteiger partial charge in [-0.05, 0) is 11.1 Å². The number of aliphatic hydroxyl groups is 1. The lowest BCUT2D eigenvalue weighted by Gasteiger charge is -2.02. The fourth-order valence-corrected chi connectivity index (χ4v) is 1.06. The van der Waals surface area contributed by atoms with Gasteiger partial charge in [-0.3, -0.25) is 0 Å². The molecule has 1 aromatic carbocycles. The molecule has 13 heavy (non-hydrogen) atoms. The summed E-state index contributed by atoms with van der Waals surface area (Å²) < 4.78 is 11.7. The van der Waals surface area contributed by atoms with Crippen LogP contribution in [0.5, 0.6) is 0 Å². The van der Waals surface area contributed by atoms with E-state index in [9.17, 15) is 4.39 Å². The van der Waals surface area contributed by atoms with E-state index in [1.807, 2.05) is 24.3 Å². The van der Waals surface area contributed by atoms with E-state index in [4.69, 9.17) is 5.11 Å². The molecule has 2 nitrogen and oxygen atoms in total. The number of hydrogen-bond acceptors (Lipinski definition) is 2. The van der Waals surface area contributed by atoms with Gasteiger partial charge < -0.3 is 10.4 Å². The Hall–Kier alpha value is -0.930. The van der Waals surface area contributed by atoms with E-state index in [1.165, 1.54) is 0 Å². The van der Waals surface area contributed by atoms with Crippen molar-refractivity contribution in [3.05, 3.63) is 35.4 Å². The van der Waals surface area contributed by atoms with Crippen molar-refractivity contribution in [1.29, 1.82) is 0 Å². The van der Waals surface area contributed by atoms with Crippen LogP contribution in [-0.2, 0) is 13.2 Å². The number of alkyl halides is 1. The van der Waals surface area contributed by atoms with E-state index in [-0.39, 0.29) is 13.3 Å². The van der Waals surface area contributed by atoms with Crippen LogP contribution >= 0.6 is 0 Å². The highest BCUT2D eigenvalue weighted by molar-refractivity contribution is 5.21. The van der Waals surface area contributed by atoms with Crippen LogP contribution < -0.4 is 5.32 Å². The van der Waals surface area contributed by atoms with Gasteiger partial charge in [0.25, 0.3) is 0 Å². The van der Waals surface area contributed by atoms with Gasteiger partial charge in [-0.15, -0.1) is 0 Å². The van der Waals surface area contributed by atoms with Crippen molar-refractivity contribution < 1.29 is 9.50 Å². The number of rotatable bonds is 5. The van der Waals surface area contributed by atoms with E-state index in [2.05, 4.69) is 5.32 Å². The molecule has 2 N–H and O–H groups in total. The zero-order chi connectivity index (χ0) is 9.52.